The quantitative estimate of drug-likeness (QED) is 0.843. The summed E-state index contributed by atoms with van der Waals surface area (Å²) in [6, 6.07) is 0.586. The van der Waals surface area contributed by atoms with Gasteiger partial charge in [-0.1, -0.05) is 6.92 Å². The number of likely N-dealkylation sites (N-methyl/N-ethyl adjacent to an activating group) is 1. The topological polar surface area (TPSA) is 29.9 Å². The Hall–Kier alpha value is -0.480. The first-order valence-corrected chi connectivity index (χ1v) is 7.75. The van der Waals surface area contributed by atoms with E-state index < -0.39 is 0 Å². The Morgan fingerprint density at radius 3 is 3.18 bits per heavy atom. The summed E-state index contributed by atoms with van der Waals surface area (Å²) in [5.74, 6) is 4.69. The molecular weight excluding hydrogens is 230 g/mol. The highest BCUT2D eigenvalue weighted by molar-refractivity contribution is 7.99. The fourth-order valence-corrected chi connectivity index (χ4v) is 3.88. The molecule has 2 atom stereocenters. The smallest absolute Gasteiger partial charge is 0.110 e. The number of hydrogen-bond acceptors (Lipinski definition) is 3. The number of imidazole rings is 1. The maximum absolute atomic E-state index is 4.51. The summed E-state index contributed by atoms with van der Waals surface area (Å²) < 4.78 is 2.30. The zero-order chi connectivity index (χ0) is 12.1. The molecule has 2 unspecified atom stereocenters. The molecule has 1 aromatic rings. The van der Waals surface area contributed by atoms with Crippen LogP contribution in [0.5, 0.6) is 0 Å². The average Bonchev–Trinajstić information content (AvgIpc) is 2.97. The van der Waals surface area contributed by atoms with E-state index in [4.69, 9.17) is 0 Å². The number of rotatable bonds is 6. The SMILES string of the molecule is CCCn1ccnc1CC(NC)C1CCSC1. The molecule has 17 heavy (non-hydrogen) atoms. The van der Waals surface area contributed by atoms with Gasteiger partial charge in [-0.25, -0.2) is 4.98 Å². The van der Waals surface area contributed by atoms with E-state index in [2.05, 4.69) is 46.8 Å². The van der Waals surface area contributed by atoms with E-state index in [0.29, 0.717) is 6.04 Å². The highest BCUT2D eigenvalue weighted by Gasteiger charge is 2.25. The number of nitrogens with zero attached hydrogens (tertiary/aromatic N) is 2. The second kappa shape index (κ2) is 6.45. The lowest BCUT2D eigenvalue weighted by Crippen LogP contribution is -2.36. The Balaban J connectivity index is 1.99. The molecule has 0 saturated carbocycles. The molecule has 3 nitrogen and oxygen atoms in total. The Labute approximate surface area is 108 Å². The summed E-state index contributed by atoms with van der Waals surface area (Å²) in [4.78, 5) is 4.51. The van der Waals surface area contributed by atoms with E-state index in [1.807, 2.05) is 6.20 Å². The lowest BCUT2D eigenvalue weighted by molar-refractivity contribution is 0.392. The third-order valence-electron chi connectivity index (χ3n) is 3.57. The molecule has 4 heteroatoms. The molecular formula is C13H23N3S. The first kappa shape index (κ1) is 13.0. The van der Waals surface area contributed by atoms with Crippen LogP contribution in [0.4, 0.5) is 0 Å². The van der Waals surface area contributed by atoms with E-state index in [1.165, 1.54) is 30.2 Å². The second-order valence-electron chi connectivity index (χ2n) is 4.76. The Bertz CT molecular complexity index is 331. The van der Waals surface area contributed by atoms with Crippen LogP contribution in [0.2, 0.25) is 0 Å². The van der Waals surface area contributed by atoms with Crippen molar-refractivity contribution in [3.8, 4) is 0 Å². The maximum Gasteiger partial charge on any atom is 0.110 e. The first-order chi connectivity index (χ1) is 8.35. The van der Waals surface area contributed by atoms with Gasteiger partial charge in [-0.3, -0.25) is 0 Å². The van der Waals surface area contributed by atoms with Crippen molar-refractivity contribution in [3.63, 3.8) is 0 Å². The molecule has 1 saturated heterocycles. The summed E-state index contributed by atoms with van der Waals surface area (Å²) >= 11 is 2.09. The highest BCUT2D eigenvalue weighted by atomic mass is 32.2. The van der Waals surface area contributed by atoms with Crippen LogP contribution in [0, 0.1) is 5.92 Å². The van der Waals surface area contributed by atoms with E-state index in [9.17, 15) is 0 Å². The summed E-state index contributed by atoms with van der Waals surface area (Å²) in [6.45, 7) is 3.30. The van der Waals surface area contributed by atoms with Crippen molar-refractivity contribution in [2.75, 3.05) is 18.6 Å². The molecule has 1 N–H and O–H groups in total. The van der Waals surface area contributed by atoms with Crippen LogP contribution in [0.3, 0.4) is 0 Å². The summed E-state index contributed by atoms with van der Waals surface area (Å²) in [6.07, 6.45) is 7.63. The van der Waals surface area contributed by atoms with Gasteiger partial charge in [0.05, 0.1) is 0 Å². The Kier molecular flexibility index (Phi) is 4.92. The molecule has 0 aromatic carbocycles. The molecule has 2 heterocycles. The number of nitrogens with one attached hydrogen (secondary N) is 1. The lowest BCUT2D eigenvalue weighted by atomic mass is 9.96. The van der Waals surface area contributed by atoms with Gasteiger partial charge in [0.15, 0.2) is 0 Å². The van der Waals surface area contributed by atoms with Crippen LogP contribution in [-0.4, -0.2) is 34.1 Å². The zero-order valence-corrected chi connectivity index (χ0v) is 11.7. The highest BCUT2D eigenvalue weighted by Crippen LogP contribution is 2.27. The minimum atomic E-state index is 0.586. The summed E-state index contributed by atoms with van der Waals surface area (Å²) in [5, 5.41) is 3.48. The monoisotopic (exact) mass is 253 g/mol. The average molecular weight is 253 g/mol. The molecule has 1 aliphatic rings. The summed E-state index contributed by atoms with van der Waals surface area (Å²) in [5.41, 5.74) is 0. The van der Waals surface area contributed by atoms with Crippen LogP contribution in [-0.2, 0) is 13.0 Å². The molecule has 0 radical (unpaired) electrons. The van der Waals surface area contributed by atoms with Gasteiger partial charge in [-0.05, 0) is 37.3 Å². The molecule has 0 amide bonds. The number of hydrogen-bond donors (Lipinski definition) is 1. The molecule has 1 aromatic heterocycles. The van der Waals surface area contributed by atoms with Crippen molar-refractivity contribution >= 4 is 11.8 Å². The van der Waals surface area contributed by atoms with Crippen molar-refractivity contribution in [2.24, 2.45) is 5.92 Å². The Morgan fingerprint density at radius 1 is 1.65 bits per heavy atom. The van der Waals surface area contributed by atoms with E-state index in [1.54, 1.807) is 0 Å². The molecule has 0 spiro atoms. The van der Waals surface area contributed by atoms with Crippen LogP contribution in [0.15, 0.2) is 12.4 Å². The molecule has 1 fully saturated rings. The third-order valence-corrected chi connectivity index (χ3v) is 4.76. The minimum absolute atomic E-state index is 0.586. The molecule has 1 aliphatic heterocycles. The van der Waals surface area contributed by atoms with E-state index in [0.717, 1.165) is 18.9 Å². The fourth-order valence-electron chi connectivity index (χ4n) is 2.55. The normalized spacial score (nSPS) is 21.9. The van der Waals surface area contributed by atoms with Crippen molar-refractivity contribution in [2.45, 2.75) is 38.8 Å². The van der Waals surface area contributed by atoms with Gasteiger partial charge in [0.2, 0.25) is 0 Å². The van der Waals surface area contributed by atoms with Gasteiger partial charge in [0.25, 0.3) is 0 Å². The van der Waals surface area contributed by atoms with Crippen LogP contribution >= 0.6 is 11.8 Å². The van der Waals surface area contributed by atoms with Gasteiger partial charge in [-0.2, -0.15) is 11.8 Å². The van der Waals surface area contributed by atoms with Crippen LogP contribution < -0.4 is 5.32 Å². The predicted octanol–water partition coefficient (Wildman–Crippen LogP) is 2.18. The third kappa shape index (κ3) is 3.26. The van der Waals surface area contributed by atoms with Gasteiger partial charge in [0, 0.05) is 31.4 Å². The molecule has 0 aliphatic carbocycles. The van der Waals surface area contributed by atoms with Crippen molar-refractivity contribution in [1.82, 2.24) is 14.9 Å². The van der Waals surface area contributed by atoms with Crippen molar-refractivity contribution < 1.29 is 0 Å². The Morgan fingerprint density at radius 2 is 2.53 bits per heavy atom. The van der Waals surface area contributed by atoms with Crippen LogP contribution in [0.1, 0.15) is 25.6 Å². The van der Waals surface area contributed by atoms with Crippen molar-refractivity contribution in [1.29, 1.82) is 0 Å². The van der Waals surface area contributed by atoms with Gasteiger partial charge in [0.1, 0.15) is 5.82 Å². The number of thioether (sulfide) groups is 1. The number of aryl methyl sites for hydroxylation is 1. The van der Waals surface area contributed by atoms with E-state index in [-0.39, 0.29) is 0 Å². The predicted molar refractivity (Wildman–Crippen MR) is 74.5 cm³/mol. The van der Waals surface area contributed by atoms with Gasteiger partial charge in [-0.15, -0.1) is 0 Å². The largest absolute Gasteiger partial charge is 0.335 e. The second-order valence-corrected chi connectivity index (χ2v) is 5.91. The minimum Gasteiger partial charge on any atom is -0.335 e. The van der Waals surface area contributed by atoms with Gasteiger partial charge < -0.3 is 9.88 Å². The maximum atomic E-state index is 4.51. The standard InChI is InChI=1S/C13H23N3S/c1-3-6-16-7-5-15-13(16)9-12(14-2)11-4-8-17-10-11/h5,7,11-12,14H,3-4,6,8-10H2,1-2H3. The molecule has 96 valence electrons. The number of aromatic nitrogens is 2. The lowest BCUT2D eigenvalue weighted by Gasteiger charge is -2.22. The zero-order valence-electron chi connectivity index (χ0n) is 10.9. The van der Waals surface area contributed by atoms with Crippen molar-refractivity contribution in [3.05, 3.63) is 18.2 Å². The molecule has 2 rings (SSSR count). The van der Waals surface area contributed by atoms with Gasteiger partial charge >= 0.3 is 0 Å². The molecule has 0 bridgehead atoms. The summed E-state index contributed by atoms with van der Waals surface area (Å²) in [7, 11) is 2.08. The fraction of sp³-hybridized carbons (Fsp3) is 0.769. The van der Waals surface area contributed by atoms with Crippen LogP contribution in [0.25, 0.3) is 0 Å². The first-order valence-electron chi connectivity index (χ1n) is 6.60. The van der Waals surface area contributed by atoms with E-state index >= 15 is 0 Å².